The first-order chi connectivity index (χ1) is 11.8. The van der Waals surface area contributed by atoms with Crippen LogP contribution in [0.2, 0.25) is 0 Å². The molecule has 2 rings (SSSR count). The van der Waals surface area contributed by atoms with E-state index >= 15 is 0 Å². The number of aromatic nitrogens is 1. The van der Waals surface area contributed by atoms with E-state index < -0.39 is 5.97 Å². The number of anilines is 1. The van der Waals surface area contributed by atoms with Gasteiger partial charge in [-0.05, 0) is 46.2 Å². The van der Waals surface area contributed by atoms with Gasteiger partial charge in [0.05, 0.1) is 23.9 Å². The van der Waals surface area contributed by atoms with Gasteiger partial charge in [0.1, 0.15) is 12.0 Å². The highest BCUT2D eigenvalue weighted by Crippen LogP contribution is 2.28. The molecule has 1 saturated heterocycles. The number of carbonyl (C=O) groups excluding carboxylic acids is 2. The lowest BCUT2D eigenvalue weighted by molar-refractivity contribution is -0.0727. The average Bonchev–Trinajstić information content (AvgIpc) is 2.54. The van der Waals surface area contributed by atoms with Crippen LogP contribution in [0.15, 0.2) is 23.3 Å². The third kappa shape index (κ3) is 5.37. The molecule has 2 atom stereocenters. The van der Waals surface area contributed by atoms with E-state index in [1.807, 2.05) is 25.7 Å². The van der Waals surface area contributed by atoms with Crippen LogP contribution in [0, 0.1) is 0 Å². The Bertz CT molecular complexity index is 633. The number of piperidine rings is 1. The van der Waals surface area contributed by atoms with E-state index in [0.717, 1.165) is 6.42 Å². The molecule has 0 aliphatic carbocycles. The van der Waals surface area contributed by atoms with Gasteiger partial charge in [0.25, 0.3) is 0 Å². The van der Waals surface area contributed by atoms with Crippen molar-refractivity contribution in [1.82, 2.24) is 4.98 Å². The second-order valence-corrected chi connectivity index (χ2v) is 6.90. The third-order valence-electron chi connectivity index (χ3n) is 3.80. The number of carbonyl (C=O) groups is 1. The lowest BCUT2D eigenvalue weighted by Crippen LogP contribution is -2.46. The van der Waals surface area contributed by atoms with Crippen molar-refractivity contribution in [2.45, 2.75) is 58.4 Å². The second-order valence-electron chi connectivity index (χ2n) is 6.90. The number of pyridine rings is 1. The van der Waals surface area contributed by atoms with Crippen molar-refractivity contribution < 1.29 is 19.1 Å². The molecule has 136 valence electrons. The largest absolute Gasteiger partial charge is 0.462 e. The first-order valence-corrected chi connectivity index (χ1v) is 8.48. The predicted octanol–water partition coefficient (Wildman–Crippen LogP) is 2.70. The van der Waals surface area contributed by atoms with E-state index in [0.29, 0.717) is 31.0 Å². The Kier molecular flexibility index (Phi) is 6.28. The molecule has 0 radical (unpaired) electrons. The van der Waals surface area contributed by atoms with E-state index in [1.165, 1.54) is 6.20 Å². The molecule has 0 N–H and O–H groups in total. The monoisotopic (exact) mass is 347 g/mol. The first-order valence-electron chi connectivity index (χ1n) is 8.48. The Morgan fingerprint density at radius 3 is 2.76 bits per heavy atom. The van der Waals surface area contributed by atoms with Crippen molar-refractivity contribution in [2.24, 2.45) is 4.99 Å². The zero-order chi connectivity index (χ0) is 18.4. The summed E-state index contributed by atoms with van der Waals surface area (Å²) in [4.78, 5) is 32.7. The smallest absolute Gasteiger partial charge is 0.339 e. The number of esters is 1. The van der Waals surface area contributed by atoms with E-state index in [1.54, 1.807) is 25.1 Å². The molecule has 0 spiro atoms. The van der Waals surface area contributed by atoms with Crippen LogP contribution in [-0.4, -0.2) is 48.1 Å². The Labute approximate surface area is 148 Å². The van der Waals surface area contributed by atoms with Crippen LogP contribution in [0.4, 0.5) is 5.82 Å². The SMILES string of the molecule is CCOC(=O)c1ccc(N2CCC(OC(C)(C)C)CC2N=C=O)nc1. The van der Waals surface area contributed by atoms with Gasteiger partial charge in [0.2, 0.25) is 6.08 Å². The van der Waals surface area contributed by atoms with Crippen LogP contribution in [0.25, 0.3) is 0 Å². The normalized spacial score (nSPS) is 20.7. The fourth-order valence-corrected chi connectivity index (χ4v) is 2.86. The van der Waals surface area contributed by atoms with E-state index in [4.69, 9.17) is 9.47 Å². The zero-order valence-electron chi connectivity index (χ0n) is 15.2. The number of isocyanates is 1. The van der Waals surface area contributed by atoms with Crippen LogP contribution < -0.4 is 4.90 Å². The fourth-order valence-electron chi connectivity index (χ4n) is 2.86. The molecule has 1 aromatic heterocycles. The quantitative estimate of drug-likeness (QED) is 0.463. The van der Waals surface area contributed by atoms with Gasteiger partial charge in [-0.25, -0.2) is 14.6 Å². The molecule has 25 heavy (non-hydrogen) atoms. The van der Waals surface area contributed by atoms with Crippen molar-refractivity contribution in [2.75, 3.05) is 18.1 Å². The number of ether oxygens (including phenoxy) is 2. The molecule has 2 unspecified atom stereocenters. The van der Waals surface area contributed by atoms with Gasteiger partial charge in [-0.1, -0.05) is 0 Å². The number of hydrogen-bond acceptors (Lipinski definition) is 7. The molecule has 1 aromatic rings. The Morgan fingerprint density at radius 2 is 2.20 bits per heavy atom. The van der Waals surface area contributed by atoms with Gasteiger partial charge in [-0.2, -0.15) is 4.99 Å². The molecule has 1 fully saturated rings. The minimum Gasteiger partial charge on any atom is -0.462 e. The molecule has 2 heterocycles. The van der Waals surface area contributed by atoms with Crippen molar-refractivity contribution in [3.63, 3.8) is 0 Å². The van der Waals surface area contributed by atoms with Crippen molar-refractivity contribution >= 4 is 17.9 Å². The summed E-state index contributed by atoms with van der Waals surface area (Å²) in [5.41, 5.74) is 0.147. The molecule has 1 aliphatic rings. The molecule has 7 heteroatoms. The summed E-state index contributed by atoms with van der Waals surface area (Å²) in [6.07, 6.45) is 4.17. The summed E-state index contributed by atoms with van der Waals surface area (Å²) < 4.78 is 11.0. The summed E-state index contributed by atoms with van der Waals surface area (Å²) in [6, 6.07) is 3.41. The van der Waals surface area contributed by atoms with Crippen LogP contribution in [0.5, 0.6) is 0 Å². The van der Waals surface area contributed by atoms with Gasteiger partial charge >= 0.3 is 5.97 Å². The average molecular weight is 347 g/mol. The third-order valence-corrected chi connectivity index (χ3v) is 3.80. The molecule has 0 aromatic carbocycles. The number of aliphatic imine (C=N–C) groups is 1. The zero-order valence-corrected chi connectivity index (χ0v) is 15.2. The Hall–Kier alpha value is -2.24. The lowest BCUT2D eigenvalue weighted by atomic mass is 10.0. The summed E-state index contributed by atoms with van der Waals surface area (Å²) in [5.74, 6) is 0.257. The maximum Gasteiger partial charge on any atom is 0.339 e. The first kappa shape index (κ1) is 19.1. The van der Waals surface area contributed by atoms with Crippen LogP contribution in [0.1, 0.15) is 50.9 Å². The summed E-state index contributed by atoms with van der Waals surface area (Å²) in [6.45, 7) is 8.75. The molecule has 0 saturated carbocycles. The highest BCUT2D eigenvalue weighted by molar-refractivity contribution is 5.89. The van der Waals surface area contributed by atoms with Gasteiger partial charge < -0.3 is 14.4 Å². The maximum absolute atomic E-state index is 11.7. The van der Waals surface area contributed by atoms with E-state index in [9.17, 15) is 9.59 Å². The Balaban J connectivity index is 2.12. The van der Waals surface area contributed by atoms with Crippen LogP contribution >= 0.6 is 0 Å². The molecule has 7 nitrogen and oxygen atoms in total. The predicted molar refractivity (Wildman–Crippen MR) is 93.3 cm³/mol. The van der Waals surface area contributed by atoms with Gasteiger partial charge in [0, 0.05) is 19.2 Å². The molecule has 0 bridgehead atoms. The van der Waals surface area contributed by atoms with E-state index in [2.05, 4.69) is 9.98 Å². The van der Waals surface area contributed by atoms with E-state index in [-0.39, 0.29) is 17.9 Å². The van der Waals surface area contributed by atoms with Crippen molar-refractivity contribution in [1.29, 1.82) is 0 Å². The van der Waals surface area contributed by atoms with Crippen molar-refractivity contribution in [3.8, 4) is 0 Å². The standard InChI is InChI=1S/C18H25N3O4/c1-5-24-17(23)13-6-7-15(19-11-13)21-9-8-14(25-18(2,3)4)10-16(21)20-12-22/h6-7,11,14,16H,5,8-10H2,1-4H3. The fraction of sp³-hybridized carbons (Fsp3) is 0.611. The highest BCUT2D eigenvalue weighted by Gasteiger charge is 2.32. The minimum atomic E-state index is -0.402. The highest BCUT2D eigenvalue weighted by atomic mass is 16.5. The summed E-state index contributed by atoms with van der Waals surface area (Å²) in [7, 11) is 0. The van der Waals surface area contributed by atoms with Gasteiger partial charge in [-0.3, -0.25) is 0 Å². The number of nitrogens with zero attached hydrogens (tertiary/aromatic N) is 3. The maximum atomic E-state index is 11.7. The Morgan fingerprint density at radius 1 is 1.44 bits per heavy atom. The molecular formula is C18H25N3O4. The molecule has 1 aliphatic heterocycles. The minimum absolute atomic E-state index is 0.0251. The van der Waals surface area contributed by atoms with Gasteiger partial charge in [0.15, 0.2) is 0 Å². The number of rotatable bonds is 5. The summed E-state index contributed by atoms with van der Waals surface area (Å²) >= 11 is 0. The summed E-state index contributed by atoms with van der Waals surface area (Å²) in [5, 5.41) is 0. The van der Waals surface area contributed by atoms with Gasteiger partial charge in [-0.15, -0.1) is 0 Å². The molecular weight excluding hydrogens is 322 g/mol. The van der Waals surface area contributed by atoms with Crippen molar-refractivity contribution in [3.05, 3.63) is 23.9 Å². The lowest BCUT2D eigenvalue weighted by Gasteiger charge is -2.39. The topological polar surface area (TPSA) is 81.1 Å². The van der Waals surface area contributed by atoms with Crippen LogP contribution in [-0.2, 0) is 14.3 Å². The van der Waals surface area contributed by atoms with Crippen LogP contribution in [0.3, 0.4) is 0 Å². The second kappa shape index (κ2) is 8.23. The number of hydrogen-bond donors (Lipinski definition) is 0. The molecule has 0 amide bonds.